The lowest BCUT2D eigenvalue weighted by atomic mass is 9.98. The molecule has 0 saturated heterocycles. The van der Waals surface area contributed by atoms with Crippen LogP contribution in [0.3, 0.4) is 0 Å². The van der Waals surface area contributed by atoms with Gasteiger partial charge in [0.1, 0.15) is 17.9 Å². The van der Waals surface area contributed by atoms with E-state index in [4.69, 9.17) is 4.74 Å². The number of fused-ring (bicyclic) bond motifs is 4. The first kappa shape index (κ1) is 18.0. The number of benzene rings is 2. The van der Waals surface area contributed by atoms with Crippen LogP contribution in [-0.2, 0) is 4.74 Å². The van der Waals surface area contributed by atoms with Crippen LogP contribution in [0.4, 0.5) is 4.79 Å². The highest BCUT2D eigenvalue weighted by Gasteiger charge is 2.28. The van der Waals surface area contributed by atoms with Crippen LogP contribution >= 0.6 is 0 Å². The van der Waals surface area contributed by atoms with Gasteiger partial charge in [0.15, 0.2) is 0 Å². The van der Waals surface area contributed by atoms with Gasteiger partial charge in [0, 0.05) is 12.1 Å². The van der Waals surface area contributed by atoms with Crippen molar-refractivity contribution in [3.05, 3.63) is 95.9 Å². The predicted molar refractivity (Wildman–Crippen MR) is 115 cm³/mol. The van der Waals surface area contributed by atoms with Gasteiger partial charge in [0.05, 0.1) is 12.7 Å². The molecule has 0 spiro atoms. The van der Waals surface area contributed by atoms with Crippen LogP contribution in [-0.4, -0.2) is 28.6 Å². The number of hydrogen-bond acceptors (Lipinski definition) is 3. The van der Waals surface area contributed by atoms with E-state index in [1.165, 1.54) is 22.3 Å². The number of nitrogens with zero attached hydrogens (tertiary/aromatic N) is 2. The van der Waals surface area contributed by atoms with E-state index in [1.54, 1.807) is 6.20 Å². The molecule has 4 aromatic rings. The monoisotopic (exact) mass is 393 g/mol. The smallest absolute Gasteiger partial charge is 0.407 e. The third kappa shape index (κ3) is 3.29. The van der Waals surface area contributed by atoms with Crippen LogP contribution < -0.4 is 5.32 Å². The number of nitrogens with one attached hydrogen (secondary N) is 1. The molecule has 0 bridgehead atoms. The van der Waals surface area contributed by atoms with E-state index in [-0.39, 0.29) is 12.5 Å². The molecule has 2 heterocycles. The summed E-state index contributed by atoms with van der Waals surface area (Å²) in [6, 6.07) is 22.3. The number of carbonyl (C=O) groups excluding carboxylic acids is 1. The number of rotatable bonds is 3. The van der Waals surface area contributed by atoms with Crippen LogP contribution in [0.15, 0.2) is 79.1 Å². The number of aromatic nitrogens is 2. The molecule has 1 aliphatic carbocycles. The third-order valence-electron chi connectivity index (χ3n) is 5.30. The molecule has 2 aromatic heterocycles. The Morgan fingerprint density at radius 2 is 1.70 bits per heavy atom. The standard InChI is InChI=1S/C25H19N3O2/c29-25(26-14-7-8-18-16-27-24-13-5-6-15-28(18)24)30-17-23-21-11-3-1-9-19(21)20-10-2-4-12-22(20)23/h1-6,9-13,15-16,23H,14,17H2,(H,26,29). The highest BCUT2D eigenvalue weighted by molar-refractivity contribution is 5.79. The molecule has 0 aliphatic heterocycles. The number of alkyl carbamates (subject to hydrolysis) is 1. The second-order valence-corrected chi connectivity index (χ2v) is 7.05. The minimum Gasteiger partial charge on any atom is -0.449 e. The van der Waals surface area contributed by atoms with Crippen molar-refractivity contribution in [2.24, 2.45) is 0 Å². The Labute approximate surface area is 174 Å². The minimum atomic E-state index is -0.468. The number of pyridine rings is 1. The Morgan fingerprint density at radius 3 is 2.47 bits per heavy atom. The highest BCUT2D eigenvalue weighted by atomic mass is 16.5. The molecule has 146 valence electrons. The summed E-state index contributed by atoms with van der Waals surface area (Å²) in [6.45, 7) is 0.497. The van der Waals surface area contributed by atoms with E-state index in [1.807, 2.05) is 53.1 Å². The summed E-state index contributed by atoms with van der Waals surface area (Å²) in [5.74, 6) is 6.02. The van der Waals surface area contributed by atoms with Crippen molar-refractivity contribution in [1.82, 2.24) is 14.7 Å². The van der Waals surface area contributed by atoms with Crippen molar-refractivity contribution < 1.29 is 9.53 Å². The lowest BCUT2D eigenvalue weighted by Crippen LogP contribution is -2.26. The number of imidazole rings is 1. The summed E-state index contributed by atoms with van der Waals surface area (Å²) < 4.78 is 7.41. The van der Waals surface area contributed by atoms with E-state index in [9.17, 15) is 4.79 Å². The summed E-state index contributed by atoms with van der Waals surface area (Å²) in [5.41, 5.74) is 6.42. The molecule has 30 heavy (non-hydrogen) atoms. The molecule has 5 heteroatoms. The second-order valence-electron chi connectivity index (χ2n) is 7.05. The lowest BCUT2D eigenvalue weighted by molar-refractivity contribution is 0.144. The van der Waals surface area contributed by atoms with E-state index >= 15 is 0 Å². The molecule has 2 aromatic carbocycles. The molecule has 0 saturated carbocycles. The first-order valence-corrected chi connectivity index (χ1v) is 9.81. The van der Waals surface area contributed by atoms with E-state index in [2.05, 4.69) is 46.4 Å². The van der Waals surface area contributed by atoms with Crippen LogP contribution in [0.1, 0.15) is 22.7 Å². The van der Waals surface area contributed by atoms with Gasteiger partial charge in [-0.15, -0.1) is 0 Å². The van der Waals surface area contributed by atoms with Gasteiger partial charge in [-0.2, -0.15) is 0 Å². The predicted octanol–water partition coefficient (Wildman–Crippen LogP) is 4.22. The molecule has 1 N–H and O–H groups in total. The molecule has 1 amide bonds. The fraction of sp³-hybridized carbons (Fsp3) is 0.120. The van der Waals surface area contributed by atoms with Crippen molar-refractivity contribution in [3.63, 3.8) is 0 Å². The van der Waals surface area contributed by atoms with Crippen molar-refractivity contribution in [3.8, 4) is 23.0 Å². The molecule has 5 rings (SSSR count). The molecule has 0 radical (unpaired) electrons. The topological polar surface area (TPSA) is 55.6 Å². The Balaban J connectivity index is 1.21. The molecule has 0 atom stereocenters. The minimum absolute atomic E-state index is 0.0485. The van der Waals surface area contributed by atoms with Crippen molar-refractivity contribution in [1.29, 1.82) is 0 Å². The SMILES string of the molecule is O=C(NCC#Cc1cnc2ccccn12)OCC1c2ccccc2-c2ccccc21. The fourth-order valence-electron chi connectivity index (χ4n) is 3.93. The molecular weight excluding hydrogens is 374 g/mol. The van der Waals surface area contributed by atoms with Gasteiger partial charge in [-0.1, -0.05) is 60.5 Å². The first-order chi connectivity index (χ1) is 14.8. The van der Waals surface area contributed by atoms with Gasteiger partial charge in [0.25, 0.3) is 0 Å². The Kier molecular flexibility index (Phi) is 4.66. The fourth-order valence-corrected chi connectivity index (χ4v) is 3.93. The molecule has 5 nitrogen and oxygen atoms in total. The maximum Gasteiger partial charge on any atom is 0.407 e. The number of hydrogen-bond donors (Lipinski definition) is 1. The maximum absolute atomic E-state index is 12.2. The van der Waals surface area contributed by atoms with Gasteiger partial charge in [-0.05, 0) is 40.3 Å². The van der Waals surface area contributed by atoms with Crippen LogP contribution in [0.2, 0.25) is 0 Å². The first-order valence-electron chi connectivity index (χ1n) is 9.81. The second kappa shape index (κ2) is 7.76. The highest BCUT2D eigenvalue weighted by Crippen LogP contribution is 2.44. The van der Waals surface area contributed by atoms with Crippen molar-refractivity contribution >= 4 is 11.7 Å². The molecule has 1 aliphatic rings. The lowest BCUT2D eigenvalue weighted by Gasteiger charge is -2.14. The normalized spacial score (nSPS) is 12.0. The zero-order valence-electron chi connectivity index (χ0n) is 16.2. The van der Waals surface area contributed by atoms with Gasteiger partial charge in [-0.25, -0.2) is 9.78 Å². The molecule has 0 fully saturated rings. The Bertz CT molecular complexity index is 1250. The van der Waals surface area contributed by atoms with Crippen LogP contribution in [0.5, 0.6) is 0 Å². The van der Waals surface area contributed by atoms with E-state index < -0.39 is 6.09 Å². The summed E-state index contributed by atoms with van der Waals surface area (Å²) in [6.07, 6.45) is 3.16. The molecular formula is C25H19N3O2. The van der Waals surface area contributed by atoms with Crippen molar-refractivity contribution in [2.75, 3.05) is 13.2 Å². The van der Waals surface area contributed by atoms with Gasteiger partial charge in [0.2, 0.25) is 0 Å². The summed E-state index contributed by atoms with van der Waals surface area (Å²) in [5, 5.41) is 2.70. The van der Waals surface area contributed by atoms with Gasteiger partial charge >= 0.3 is 6.09 Å². The maximum atomic E-state index is 12.2. The quantitative estimate of drug-likeness (QED) is 0.530. The van der Waals surface area contributed by atoms with Crippen molar-refractivity contribution in [2.45, 2.75) is 5.92 Å². The number of carbonyl (C=O) groups is 1. The zero-order chi connectivity index (χ0) is 20.3. The number of ether oxygens (including phenoxy) is 1. The largest absolute Gasteiger partial charge is 0.449 e. The van der Waals surface area contributed by atoms with Crippen LogP contribution in [0, 0.1) is 11.8 Å². The zero-order valence-corrected chi connectivity index (χ0v) is 16.2. The number of amides is 1. The Morgan fingerprint density at radius 1 is 1.00 bits per heavy atom. The summed E-state index contributed by atoms with van der Waals surface area (Å²) >= 11 is 0. The third-order valence-corrected chi connectivity index (χ3v) is 5.30. The Hall–Kier alpha value is -4.04. The average Bonchev–Trinajstić information content (AvgIpc) is 3.34. The average molecular weight is 393 g/mol. The van der Waals surface area contributed by atoms with Gasteiger partial charge < -0.3 is 10.1 Å². The van der Waals surface area contributed by atoms with E-state index in [0.717, 1.165) is 11.3 Å². The van der Waals surface area contributed by atoms with Gasteiger partial charge in [-0.3, -0.25) is 4.40 Å². The molecule has 0 unspecified atom stereocenters. The van der Waals surface area contributed by atoms with Crippen LogP contribution in [0.25, 0.3) is 16.8 Å². The van der Waals surface area contributed by atoms with E-state index in [0.29, 0.717) is 6.61 Å². The summed E-state index contributed by atoms with van der Waals surface area (Å²) in [7, 11) is 0. The summed E-state index contributed by atoms with van der Waals surface area (Å²) in [4.78, 5) is 16.5.